The Kier molecular flexibility index (Phi) is 5.25. The van der Waals surface area contributed by atoms with Crippen molar-refractivity contribution in [2.24, 2.45) is 0 Å². The van der Waals surface area contributed by atoms with Crippen molar-refractivity contribution in [2.75, 3.05) is 13.1 Å². The molecule has 1 aliphatic rings. The average Bonchev–Trinajstić information content (AvgIpc) is 3.24. The molecule has 0 N–H and O–H groups in total. The van der Waals surface area contributed by atoms with E-state index in [0.717, 1.165) is 24.0 Å². The summed E-state index contributed by atoms with van der Waals surface area (Å²) in [5.74, 6) is 0.514. The van der Waals surface area contributed by atoms with Crippen LogP contribution in [0, 0.1) is 0 Å². The van der Waals surface area contributed by atoms with Crippen LogP contribution in [-0.2, 0) is 11.3 Å². The molecule has 3 heterocycles. The lowest BCUT2D eigenvalue weighted by molar-refractivity contribution is -0.000671. The lowest BCUT2D eigenvalue weighted by Gasteiger charge is -2.31. The summed E-state index contributed by atoms with van der Waals surface area (Å²) >= 11 is 0. The van der Waals surface area contributed by atoms with Crippen LogP contribution in [0.25, 0.3) is 11.3 Å². The van der Waals surface area contributed by atoms with Crippen molar-refractivity contribution in [3.8, 4) is 11.3 Å². The third kappa shape index (κ3) is 4.23. The van der Waals surface area contributed by atoms with Crippen molar-refractivity contribution in [2.45, 2.75) is 25.6 Å². The molecule has 138 valence electrons. The van der Waals surface area contributed by atoms with Crippen molar-refractivity contribution in [3.63, 3.8) is 0 Å². The number of carbonyl (C=O) groups excluding carboxylic acids is 1. The van der Waals surface area contributed by atoms with E-state index >= 15 is 0 Å². The minimum atomic E-state index is -0.0911. The number of ether oxygens (including phenoxy) is 1. The molecule has 6 heteroatoms. The molecule has 1 aromatic carbocycles. The van der Waals surface area contributed by atoms with E-state index in [1.54, 1.807) is 12.3 Å². The predicted octanol–water partition coefficient (Wildman–Crippen LogP) is 3.56. The van der Waals surface area contributed by atoms with Crippen LogP contribution in [0.3, 0.4) is 0 Å². The first-order valence-corrected chi connectivity index (χ1v) is 9.11. The maximum atomic E-state index is 12.7. The second-order valence-corrected chi connectivity index (χ2v) is 6.61. The van der Waals surface area contributed by atoms with Crippen molar-refractivity contribution in [3.05, 3.63) is 72.2 Å². The number of hydrogen-bond acceptors (Lipinski definition) is 5. The zero-order chi connectivity index (χ0) is 18.5. The largest absolute Gasteiger partial charge is 0.373 e. The van der Waals surface area contributed by atoms with E-state index in [9.17, 15) is 4.79 Å². The number of likely N-dealkylation sites (tertiary alicyclic amines) is 1. The molecule has 3 aromatic rings. The van der Waals surface area contributed by atoms with E-state index in [4.69, 9.17) is 9.26 Å². The third-order valence-electron chi connectivity index (χ3n) is 4.73. The smallest absolute Gasteiger partial charge is 0.276 e. The monoisotopic (exact) mass is 363 g/mol. The van der Waals surface area contributed by atoms with Crippen LogP contribution >= 0.6 is 0 Å². The van der Waals surface area contributed by atoms with E-state index < -0.39 is 0 Å². The molecule has 0 atom stereocenters. The summed E-state index contributed by atoms with van der Waals surface area (Å²) in [5.41, 5.74) is 2.32. The van der Waals surface area contributed by atoms with E-state index in [-0.39, 0.29) is 12.0 Å². The van der Waals surface area contributed by atoms with Gasteiger partial charge in [0.2, 0.25) is 0 Å². The van der Waals surface area contributed by atoms with Gasteiger partial charge in [-0.1, -0.05) is 41.6 Å². The summed E-state index contributed by atoms with van der Waals surface area (Å²) in [6.07, 6.45) is 5.35. The van der Waals surface area contributed by atoms with Crippen molar-refractivity contribution >= 4 is 5.91 Å². The van der Waals surface area contributed by atoms with Gasteiger partial charge in [0.25, 0.3) is 5.91 Å². The molecule has 1 saturated heterocycles. The Bertz CT molecular complexity index is 872. The van der Waals surface area contributed by atoms with Gasteiger partial charge in [-0.3, -0.25) is 9.78 Å². The summed E-state index contributed by atoms with van der Waals surface area (Å²) in [6.45, 7) is 1.87. The van der Waals surface area contributed by atoms with Gasteiger partial charge in [-0.05, 0) is 24.5 Å². The Hall–Kier alpha value is -2.99. The minimum Gasteiger partial charge on any atom is -0.373 e. The quantitative estimate of drug-likeness (QED) is 0.693. The number of amides is 1. The Morgan fingerprint density at radius 3 is 2.70 bits per heavy atom. The molecule has 27 heavy (non-hydrogen) atoms. The summed E-state index contributed by atoms with van der Waals surface area (Å²) in [4.78, 5) is 18.6. The highest BCUT2D eigenvalue weighted by atomic mass is 16.5. The number of rotatable bonds is 5. The molecule has 0 saturated carbocycles. The maximum absolute atomic E-state index is 12.7. The lowest BCUT2D eigenvalue weighted by atomic mass is 10.1. The number of piperidine rings is 1. The third-order valence-corrected chi connectivity index (χ3v) is 4.73. The molecule has 1 amide bonds. The summed E-state index contributed by atoms with van der Waals surface area (Å²) < 4.78 is 11.3. The highest BCUT2D eigenvalue weighted by Gasteiger charge is 2.26. The van der Waals surface area contributed by atoms with E-state index in [1.165, 1.54) is 0 Å². The zero-order valence-electron chi connectivity index (χ0n) is 15.0. The second-order valence-electron chi connectivity index (χ2n) is 6.61. The second kappa shape index (κ2) is 8.14. The molecular weight excluding hydrogens is 342 g/mol. The first-order chi connectivity index (χ1) is 13.3. The molecule has 0 unspecified atom stereocenters. The van der Waals surface area contributed by atoms with Gasteiger partial charge in [0.1, 0.15) is 0 Å². The zero-order valence-corrected chi connectivity index (χ0v) is 15.0. The van der Waals surface area contributed by atoms with Crippen LogP contribution in [0.2, 0.25) is 0 Å². The van der Waals surface area contributed by atoms with Crippen LogP contribution in [0.1, 0.15) is 28.9 Å². The van der Waals surface area contributed by atoms with Crippen LogP contribution in [0.4, 0.5) is 0 Å². The summed E-state index contributed by atoms with van der Waals surface area (Å²) in [5, 5.41) is 3.96. The van der Waals surface area contributed by atoms with Crippen molar-refractivity contribution in [1.82, 2.24) is 15.0 Å². The molecule has 1 aliphatic heterocycles. The van der Waals surface area contributed by atoms with Crippen molar-refractivity contribution in [1.29, 1.82) is 0 Å². The summed E-state index contributed by atoms with van der Waals surface area (Å²) in [7, 11) is 0. The fourth-order valence-electron chi connectivity index (χ4n) is 3.20. The molecule has 1 fully saturated rings. The highest BCUT2D eigenvalue weighted by Crippen LogP contribution is 2.22. The van der Waals surface area contributed by atoms with Gasteiger partial charge >= 0.3 is 0 Å². The highest BCUT2D eigenvalue weighted by molar-refractivity contribution is 5.93. The van der Waals surface area contributed by atoms with Crippen LogP contribution in [0.15, 0.2) is 65.4 Å². The first-order valence-electron chi connectivity index (χ1n) is 9.11. The molecule has 6 nitrogen and oxygen atoms in total. The van der Waals surface area contributed by atoms with Gasteiger partial charge in [-0.25, -0.2) is 0 Å². The van der Waals surface area contributed by atoms with Gasteiger partial charge in [0, 0.05) is 37.1 Å². The Labute approximate surface area is 157 Å². The standard InChI is InChI=1S/C21H21N3O3/c25-21(19-13-20(27-23-19)17-6-2-1-3-7-17)24-11-8-18(9-12-24)26-15-16-5-4-10-22-14-16/h1-7,10,13-14,18H,8-9,11-12,15H2. The average molecular weight is 363 g/mol. The van der Waals surface area contributed by atoms with Gasteiger partial charge in [-0.2, -0.15) is 0 Å². The fraction of sp³-hybridized carbons (Fsp3) is 0.286. The topological polar surface area (TPSA) is 68.5 Å². The van der Waals surface area contributed by atoms with Gasteiger partial charge < -0.3 is 14.2 Å². The normalized spacial score (nSPS) is 15.0. The molecule has 2 aromatic heterocycles. The van der Waals surface area contributed by atoms with Crippen molar-refractivity contribution < 1.29 is 14.1 Å². The van der Waals surface area contributed by atoms with Crippen LogP contribution < -0.4 is 0 Å². The first kappa shape index (κ1) is 17.4. The van der Waals surface area contributed by atoms with Crippen LogP contribution in [-0.4, -0.2) is 40.1 Å². The molecular formula is C21H21N3O3. The Morgan fingerprint density at radius 1 is 1.15 bits per heavy atom. The Morgan fingerprint density at radius 2 is 1.96 bits per heavy atom. The lowest BCUT2D eigenvalue weighted by Crippen LogP contribution is -2.41. The van der Waals surface area contributed by atoms with E-state index in [1.807, 2.05) is 53.6 Å². The molecule has 0 spiro atoms. The molecule has 0 bridgehead atoms. The maximum Gasteiger partial charge on any atom is 0.276 e. The number of aromatic nitrogens is 2. The van der Waals surface area contributed by atoms with E-state index in [0.29, 0.717) is 31.2 Å². The Balaban J connectivity index is 1.30. The number of hydrogen-bond donors (Lipinski definition) is 0. The minimum absolute atomic E-state index is 0.0911. The fourth-order valence-corrected chi connectivity index (χ4v) is 3.20. The molecule has 4 rings (SSSR count). The van der Waals surface area contributed by atoms with E-state index in [2.05, 4.69) is 10.1 Å². The number of pyridine rings is 1. The number of benzene rings is 1. The molecule has 0 radical (unpaired) electrons. The SMILES string of the molecule is O=C(c1cc(-c2ccccc2)on1)N1CCC(OCc2cccnc2)CC1. The number of carbonyl (C=O) groups is 1. The van der Waals surface area contributed by atoms with Gasteiger partial charge in [0.15, 0.2) is 11.5 Å². The predicted molar refractivity (Wildman–Crippen MR) is 99.9 cm³/mol. The summed E-state index contributed by atoms with van der Waals surface area (Å²) in [6, 6.07) is 15.3. The van der Waals surface area contributed by atoms with Crippen LogP contribution in [0.5, 0.6) is 0 Å². The number of nitrogens with zero attached hydrogens (tertiary/aromatic N) is 3. The molecule has 0 aliphatic carbocycles. The van der Waals surface area contributed by atoms with Gasteiger partial charge in [0.05, 0.1) is 12.7 Å². The van der Waals surface area contributed by atoms with Gasteiger partial charge in [-0.15, -0.1) is 0 Å².